The Morgan fingerprint density at radius 2 is 1.82 bits per heavy atom. The van der Waals surface area contributed by atoms with Gasteiger partial charge in [-0.05, 0) is 23.1 Å². The van der Waals surface area contributed by atoms with Crippen LogP contribution in [-0.2, 0) is 15.4 Å². The van der Waals surface area contributed by atoms with E-state index in [9.17, 15) is 13.2 Å². The van der Waals surface area contributed by atoms with Crippen LogP contribution in [0.25, 0.3) is 0 Å². The molecule has 6 nitrogen and oxygen atoms in total. The maximum absolute atomic E-state index is 12.2. The Bertz CT molecular complexity index is 787. The van der Waals surface area contributed by atoms with Crippen LogP contribution in [0, 0.1) is 0 Å². The van der Waals surface area contributed by atoms with Crippen LogP contribution in [0.5, 0.6) is 0 Å². The van der Waals surface area contributed by atoms with Gasteiger partial charge in [-0.2, -0.15) is 0 Å². The summed E-state index contributed by atoms with van der Waals surface area (Å²) in [4.78, 5) is 14.6. The summed E-state index contributed by atoms with van der Waals surface area (Å²) in [6, 6.07) is 6.57. The number of thiazole rings is 1. The molecular weight excluding hydrogens is 324 g/mol. The molecule has 1 heterocycles. The molecule has 0 radical (unpaired) electrons. The van der Waals surface area contributed by atoms with Crippen LogP contribution in [0.2, 0.25) is 0 Å². The number of nitrogens with zero attached hydrogens (tertiary/aromatic N) is 1. The molecule has 0 spiro atoms. The second-order valence-corrected chi connectivity index (χ2v) is 8.26. The van der Waals surface area contributed by atoms with Gasteiger partial charge in [0.05, 0.1) is 4.90 Å². The smallest absolute Gasteiger partial charge is 0.355 e. The van der Waals surface area contributed by atoms with Crippen LogP contribution < -0.4 is 4.72 Å². The lowest BCUT2D eigenvalue weighted by molar-refractivity contribution is 0.0691. The minimum atomic E-state index is -3.78. The molecule has 2 rings (SSSR count). The Kier molecular flexibility index (Phi) is 4.25. The molecule has 0 saturated carbocycles. The summed E-state index contributed by atoms with van der Waals surface area (Å²) in [6.07, 6.45) is 0. The third kappa shape index (κ3) is 3.63. The monoisotopic (exact) mass is 340 g/mol. The number of hydrogen-bond donors (Lipinski definition) is 2. The Labute approximate surface area is 132 Å². The van der Waals surface area contributed by atoms with E-state index in [0.29, 0.717) is 0 Å². The molecule has 0 aliphatic heterocycles. The zero-order valence-corrected chi connectivity index (χ0v) is 14.0. The van der Waals surface area contributed by atoms with Gasteiger partial charge in [0.15, 0.2) is 10.8 Å². The van der Waals surface area contributed by atoms with Crippen molar-refractivity contribution < 1.29 is 18.3 Å². The highest BCUT2D eigenvalue weighted by Crippen LogP contribution is 2.25. The minimum Gasteiger partial charge on any atom is -0.476 e. The van der Waals surface area contributed by atoms with Crippen LogP contribution in [0.3, 0.4) is 0 Å². The normalized spacial score (nSPS) is 12.1. The van der Waals surface area contributed by atoms with Crippen molar-refractivity contribution in [3.8, 4) is 0 Å². The Balaban J connectivity index is 2.24. The zero-order chi connectivity index (χ0) is 16.5. The molecule has 0 aliphatic carbocycles. The second-order valence-electron chi connectivity index (χ2n) is 5.72. The molecule has 22 heavy (non-hydrogen) atoms. The van der Waals surface area contributed by atoms with E-state index in [1.54, 1.807) is 12.1 Å². The van der Waals surface area contributed by atoms with Gasteiger partial charge in [0, 0.05) is 5.38 Å². The zero-order valence-electron chi connectivity index (χ0n) is 12.3. The van der Waals surface area contributed by atoms with Crippen molar-refractivity contribution >= 4 is 32.5 Å². The first-order valence-electron chi connectivity index (χ1n) is 6.42. The number of aromatic nitrogens is 1. The lowest BCUT2D eigenvalue weighted by atomic mass is 9.87. The minimum absolute atomic E-state index is 0.0253. The third-order valence-corrected chi connectivity index (χ3v) is 5.22. The van der Waals surface area contributed by atoms with Crippen molar-refractivity contribution in [2.75, 3.05) is 4.72 Å². The number of carbonyl (C=O) groups is 1. The average Bonchev–Trinajstić information content (AvgIpc) is 2.86. The Morgan fingerprint density at radius 3 is 2.27 bits per heavy atom. The van der Waals surface area contributed by atoms with Crippen molar-refractivity contribution in [2.24, 2.45) is 0 Å². The first-order chi connectivity index (χ1) is 10.1. The van der Waals surface area contributed by atoms with E-state index < -0.39 is 16.0 Å². The van der Waals surface area contributed by atoms with Crippen LogP contribution in [0.15, 0.2) is 34.5 Å². The fraction of sp³-hybridized carbons (Fsp3) is 0.286. The standard InChI is InChI=1S/C14H16N2O4S2/c1-14(2,3)9-4-6-10(7-5-9)22(19,20)16-13-15-11(8-21-13)12(17)18/h4-8H,1-3H3,(H,15,16)(H,17,18). The summed E-state index contributed by atoms with van der Waals surface area (Å²) in [7, 11) is -3.78. The molecule has 2 aromatic rings. The van der Waals surface area contributed by atoms with Crippen molar-refractivity contribution in [3.63, 3.8) is 0 Å². The largest absolute Gasteiger partial charge is 0.476 e. The molecule has 118 valence electrons. The average molecular weight is 340 g/mol. The van der Waals surface area contributed by atoms with E-state index in [-0.39, 0.29) is 21.1 Å². The Hall–Kier alpha value is -1.93. The van der Waals surface area contributed by atoms with Crippen LogP contribution in [-0.4, -0.2) is 24.5 Å². The van der Waals surface area contributed by atoms with Gasteiger partial charge < -0.3 is 5.11 Å². The van der Waals surface area contributed by atoms with Crippen LogP contribution in [0.4, 0.5) is 5.13 Å². The fourth-order valence-corrected chi connectivity index (χ4v) is 3.66. The van der Waals surface area contributed by atoms with Gasteiger partial charge in [-0.25, -0.2) is 18.2 Å². The maximum Gasteiger partial charge on any atom is 0.355 e. The number of aromatic carboxylic acids is 1. The van der Waals surface area contributed by atoms with Gasteiger partial charge in [0.1, 0.15) is 0 Å². The number of sulfonamides is 1. The molecule has 0 fully saturated rings. The van der Waals surface area contributed by atoms with E-state index in [0.717, 1.165) is 16.9 Å². The highest BCUT2D eigenvalue weighted by atomic mass is 32.2. The van der Waals surface area contributed by atoms with Crippen molar-refractivity contribution in [2.45, 2.75) is 31.1 Å². The second kappa shape index (κ2) is 5.69. The van der Waals surface area contributed by atoms with E-state index in [1.165, 1.54) is 17.5 Å². The summed E-state index contributed by atoms with van der Waals surface area (Å²) in [6.45, 7) is 6.12. The summed E-state index contributed by atoms with van der Waals surface area (Å²) in [5, 5.41) is 10.1. The van der Waals surface area contributed by atoms with Crippen molar-refractivity contribution in [3.05, 3.63) is 40.9 Å². The molecule has 0 unspecified atom stereocenters. The number of rotatable bonds is 4. The topological polar surface area (TPSA) is 96.4 Å². The van der Waals surface area contributed by atoms with E-state index >= 15 is 0 Å². The molecule has 0 bridgehead atoms. The van der Waals surface area contributed by atoms with Gasteiger partial charge in [0.2, 0.25) is 0 Å². The molecule has 2 N–H and O–H groups in total. The van der Waals surface area contributed by atoms with E-state index in [1.807, 2.05) is 20.8 Å². The Morgan fingerprint density at radius 1 is 1.23 bits per heavy atom. The molecule has 1 aromatic carbocycles. The first-order valence-corrected chi connectivity index (χ1v) is 8.78. The molecule has 0 amide bonds. The van der Waals surface area contributed by atoms with Gasteiger partial charge in [0.25, 0.3) is 10.0 Å². The molecule has 1 aromatic heterocycles. The number of nitrogens with one attached hydrogen (secondary N) is 1. The quantitative estimate of drug-likeness (QED) is 0.892. The fourth-order valence-electron chi connectivity index (χ4n) is 1.73. The number of anilines is 1. The summed E-state index contributed by atoms with van der Waals surface area (Å²) < 4.78 is 26.8. The first kappa shape index (κ1) is 16.4. The van der Waals surface area contributed by atoms with Gasteiger partial charge in [-0.3, -0.25) is 4.72 Å². The molecule has 8 heteroatoms. The highest BCUT2D eigenvalue weighted by molar-refractivity contribution is 7.93. The van der Waals surface area contributed by atoms with E-state index in [2.05, 4.69) is 9.71 Å². The lowest BCUT2D eigenvalue weighted by Crippen LogP contribution is -2.15. The molecule has 0 saturated heterocycles. The van der Waals surface area contributed by atoms with Crippen LogP contribution >= 0.6 is 11.3 Å². The molecule has 0 atom stereocenters. The molecular formula is C14H16N2O4S2. The number of benzene rings is 1. The highest BCUT2D eigenvalue weighted by Gasteiger charge is 2.19. The van der Waals surface area contributed by atoms with Gasteiger partial charge >= 0.3 is 5.97 Å². The lowest BCUT2D eigenvalue weighted by Gasteiger charge is -2.19. The number of hydrogen-bond acceptors (Lipinski definition) is 5. The SMILES string of the molecule is CC(C)(C)c1ccc(S(=O)(=O)Nc2nc(C(=O)O)cs2)cc1. The van der Waals surface area contributed by atoms with E-state index in [4.69, 9.17) is 5.11 Å². The summed E-state index contributed by atoms with van der Waals surface area (Å²) in [5.41, 5.74) is 0.765. The molecule has 0 aliphatic rings. The number of carboxylic acid groups (broad SMARTS) is 1. The van der Waals surface area contributed by atoms with Crippen LogP contribution in [0.1, 0.15) is 36.8 Å². The number of carboxylic acids is 1. The predicted octanol–water partition coefficient (Wildman–Crippen LogP) is 2.94. The summed E-state index contributed by atoms with van der Waals surface area (Å²) >= 11 is 0.925. The van der Waals surface area contributed by atoms with Gasteiger partial charge in [-0.15, -0.1) is 11.3 Å². The van der Waals surface area contributed by atoms with Crippen molar-refractivity contribution in [1.82, 2.24) is 4.98 Å². The predicted molar refractivity (Wildman–Crippen MR) is 85.0 cm³/mol. The third-order valence-electron chi connectivity index (χ3n) is 2.98. The summed E-state index contributed by atoms with van der Waals surface area (Å²) in [5.74, 6) is -1.20. The van der Waals surface area contributed by atoms with Crippen molar-refractivity contribution in [1.29, 1.82) is 0 Å². The maximum atomic E-state index is 12.2. The van der Waals surface area contributed by atoms with Gasteiger partial charge in [-0.1, -0.05) is 32.9 Å².